The SMILES string of the molecule is Cc1cc(C)c(B2c3c(ccc4c3oc3ccccc34)-c3cc(-c4ccccc4)cc4c5cc(-c6ccccc6)ccc5n2c34)c(C)c1. The molecule has 1 aliphatic heterocycles. The Hall–Kier alpha value is -5.80. The first-order valence-electron chi connectivity index (χ1n) is 16.8. The molecule has 1 aliphatic rings. The fourth-order valence-electron chi connectivity index (χ4n) is 8.60. The van der Waals surface area contributed by atoms with Gasteiger partial charge in [0.15, 0.2) is 0 Å². The molecule has 0 bridgehead atoms. The van der Waals surface area contributed by atoms with Crippen molar-refractivity contribution in [2.75, 3.05) is 0 Å². The quantitative estimate of drug-likeness (QED) is 0.181. The van der Waals surface area contributed by atoms with Gasteiger partial charge in [-0.25, -0.2) is 0 Å². The summed E-state index contributed by atoms with van der Waals surface area (Å²) < 4.78 is 9.51. The average molecular weight is 614 g/mol. The van der Waals surface area contributed by atoms with E-state index in [9.17, 15) is 0 Å². The van der Waals surface area contributed by atoms with Crippen LogP contribution in [0.15, 0.2) is 144 Å². The number of benzene rings is 7. The molecule has 0 amide bonds. The number of hydrogen-bond donors (Lipinski definition) is 0. The van der Waals surface area contributed by atoms with Crippen molar-refractivity contribution in [2.45, 2.75) is 20.8 Å². The van der Waals surface area contributed by atoms with Gasteiger partial charge in [0.2, 0.25) is 0 Å². The normalized spacial score (nSPS) is 12.4. The van der Waals surface area contributed by atoms with Crippen molar-refractivity contribution in [3.05, 3.63) is 156 Å². The molecule has 0 atom stereocenters. The summed E-state index contributed by atoms with van der Waals surface area (Å²) in [4.78, 5) is 0. The highest BCUT2D eigenvalue weighted by molar-refractivity contribution is 6.89. The number of nitrogens with zero attached hydrogens (tertiary/aromatic N) is 1. The summed E-state index contributed by atoms with van der Waals surface area (Å²) in [5, 5.41) is 4.87. The van der Waals surface area contributed by atoms with Crippen LogP contribution in [0.4, 0.5) is 0 Å². The second-order valence-corrected chi connectivity index (χ2v) is 13.5. The smallest absolute Gasteiger partial charge is 0.333 e. The van der Waals surface area contributed by atoms with Gasteiger partial charge in [-0.1, -0.05) is 120 Å². The van der Waals surface area contributed by atoms with E-state index in [0.29, 0.717) is 0 Å². The van der Waals surface area contributed by atoms with Crippen LogP contribution in [-0.2, 0) is 0 Å². The molecule has 0 fully saturated rings. The van der Waals surface area contributed by atoms with E-state index in [1.807, 2.05) is 0 Å². The summed E-state index contributed by atoms with van der Waals surface area (Å²) >= 11 is 0. The first-order valence-corrected chi connectivity index (χ1v) is 16.8. The molecular formula is C45H32BNO. The van der Waals surface area contributed by atoms with E-state index in [1.54, 1.807) is 0 Å². The Morgan fingerprint density at radius 3 is 1.90 bits per heavy atom. The van der Waals surface area contributed by atoms with Crippen molar-refractivity contribution in [1.29, 1.82) is 0 Å². The largest absolute Gasteiger partial charge is 0.457 e. The van der Waals surface area contributed by atoms with Gasteiger partial charge in [0.25, 0.3) is 0 Å². The second-order valence-electron chi connectivity index (χ2n) is 13.5. The van der Waals surface area contributed by atoms with Crippen molar-refractivity contribution in [2.24, 2.45) is 0 Å². The Balaban J connectivity index is 1.41. The van der Waals surface area contributed by atoms with Crippen LogP contribution < -0.4 is 10.9 Å². The summed E-state index contributed by atoms with van der Waals surface area (Å²) in [6.07, 6.45) is 0. The monoisotopic (exact) mass is 613 g/mol. The summed E-state index contributed by atoms with van der Waals surface area (Å²) in [5.41, 5.74) is 18.3. The Morgan fingerprint density at radius 2 is 1.15 bits per heavy atom. The van der Waals surface area contributed by atoms with Crippen LogP contribution in [0.1, 0.15) is 16.7 Å². The van der Waals surface area contributed by atoms with Gasteiger partial charge in [0.05, 0.1) is 0 Å². The van der Waals surface area contributed by atoms with Crippen LogP contribution in [-0.4, -0.2) is 11.3 Å². The van der Waals surface area contributed by atoms with Gasteiger partial charge in [0.1, 0.15) is 11.2 Å². The molecule has 3 heterocycles. The number of aromatic nitrogens is 1. The van der Waals surface area contributed by atoms with E-state index >= 15 is 0 Å². The lowest BCUT2D eigenvalue weighted by Gasteiger charge is -2.30. The maximum absolute atomic E-state index is 6.88. The van der Waals surface area contributed by atoms with Crippen molar-refractivity contribution in [3.63, 3.8) is 0 Å². The number of aryl methyl sites for hydroxylation is 3. The van der Waals surface area contributed by atoms with Crippen LogP contribution >= 0.6 is 0 Å². The Morgan fingerprint density at radius 1 is 0.479 bits per heavy atom. The number of fused-ring (bicyclic) bond motifs is 9. The van der Waals surface area contributed by atoms with Gasteiger partial charge < -0.3 is 8.90 Å². The minimum atomic E-state index is -0.0671. The lowest BCUT2D eigenvalue weighted by atomic mass is 9.45. The maximum Gasteiger partial charge on any atom is 0.333 e. The molecule has 2 aromatic heterocycles. The fraction of sp³-hybridized carbons (Fsp3) is 0.0667. The minimum absolute atomic E-state index is 0.0671. The molecule has 3 heteroatoms. The molecule has 0 aliphatic carbocycles. The molecule has 226 valence electrons. The van der Waals surface area contributed by atoms with Crippen LogP contribution in [0.3, 0.4) is 0 Å². The van der Waals surface area contributed by atoms with E-state index in [2.05, 4.69) is 165 Å². The summed E-state index contributed by atoms with van der Waals surface area (Å²) in [7, 11) is 0. The van der Waals surface area contributed by atoms with E-state index in [-0.39, 0.29) is 6.85 Å². The molecule has 0 N–H and O–H groups in total. The number of para-hydroxylation sites is 1. The molecule has 0 unspecified atom stereocenters. The van der Waals surface area contributed by atoms with Crippen LogP contribution in [0.25, 0.3) is 77.1 Å². The maximum atomic E-state index is 6.88. The van der Waals surface area contributed by atoms with E-state index in [0.717, 1.165) is 16.6 Å². The lowest BCUT2D eigenvalue weighted by Crippen LogP contribution is -2.53. The fourth-order valence-corrected chi connectivity index (χ4v) is 8.60. The molecule has 0 saturated carbocycles. The number of rotatable bonds is 3. The Labute approximate surface area is 280 Å². The van der Waals surface area contributed by atoms with E-state index < -0.39 is 0 Å². The zero-order valence-electron chi connectivity index (χ0n) is 27.2. The molecule has 10 rings (SSSR count). The predicted octanol–water partition coefficient (Wildman–Crippen LogP) is 10.6. The number of hydrogen-bond acceptors (Lipinski definition) is 1. The Kier molecular flexibility index (Phi) is 5.75. The molecule has 7 aromatic carbocycles. The Bertz CT molecular complexity index is 2730. The molecule has 0 saturated heterocycles. The summed E-state index contributed by atoms with van der Waals surface area (Å²) in [5.74, 6) is 0. The zero-order valence-corrected chi connectivity index (χ0v) is 27.2. The standard InChI is InChI=1S/C45H32BNO/c1-27-22-28(2)42(29(3)23-27)46-43-35(19-20-36-34-16-10-11-17-41(34)48-45(36)43)38-25-33(31-14-8-5-9-15-31)26-39-37-24-32(30-12-6-4-7-13-30)18-21-40(37)47(46)44(38)39/h4-26H,1-3H3. The summed E-state index contributed by atoms with van der Waals surface area (Å²) in [6.45, 7) is 6.68. The van der Waals surface area contributed by atoms with Gasteiger partial charge in [-0.2, -0.15) is 0 Å². The third kappa shape index (κ3) is 3.82. The third-order valence-corrected chi connectivity index (χ3v) is 10.5. The molecule has 0 radical (unpaired) electrons. The van der Waals surface area contributed by atoms with Crippen molar-refractivity contribution >= 4 is 61.5 Å². The molecule has 48 heavy (non-hydrogen) atoms. The molecule has 2 nitrogen and oxygen atoms in total. The highest BCUT2D eigenvalue weighted by Crippen LogP contribution is 2.44. The van der Waals surface area contributed by atoms with E-state index in [4.69, 9.17) is 4.42 Å². The van der Waals surface area contributed by atoms with Crippen LogP contribution in [0, 0.1) is 20.8 Å². The molecule has 0 spiro atoms. The van der Waals surface area contributed by atoms with Crippen LogP contribution in [0.2, 0.25) is 0 Å². The van der Waals surface area contributed by atoms with Gasteiger partial charge in [0, 0.05) is 43.6 Å². The van der Waals surface area contributed by atoms with Crippen molar-refractivity contribution in [3.8, 4) is 33.4 Å². The van der Waals surface area contributed by atoms with Crippen molar-refractivity contribution < 1.29 is 4.42 Å². The topological polar surface area (TPSA) is 18.1 Å². The molecular weight excluding hydrogens is 581 g/mol. The van der Waals surface area contributed by atoms with Gasteiger partial charge in [-0.05, 0) is 90.4 Å². The van der Waals surface area contributed by atoms with Crippen LogP contribution in [0.5, 0.6) is 0 Å². The van der Waals surface area contributed by atoms with Gasteiger partial charge >= 0.3 is 6.85 Å². The van der Waals surface area contributed by atoms with Crippen molar-refractivity contribution in [1.82, 2.24) is 4.48 Å². The second kappa shape index (κ2) is 10.1. The average Bonchev–Trinajstić information content (AvgIpc) is 3.66. The van der Waals surface area contributed by atoms with Gasteiger partial charge in [-0.15, -0.1) is 0 Å². The first-order chi connectivity index (χ1) is 23.5. The number of furan rings is 1. The highest BCUT2D eigenvalue weighted by Gasteiger charge is 2.39. The van der Waals surface area contributed by atoms with E-state index in [1.165, 1.54) is 88.2 Å². The predicted molar refractivity (Wildman–Crippen MR) is 204 cm³/mol. The highest BCUT2D eigenvalue weighted by atomic mass is 16.3. The third-order valence-electron chi connectivity index (χ3n) is 10.5. The lowest BCUT2D eigenvalue weighted by molar-refractivity contribution is 0.671. The minimum Gasteiger partial charge on any atom is -0.457 e. The van der Waals surface area contributed by atoms with Gasteiger partial charge in [-0.3, -0.25) is 0 Å². The first kappa shape index (κ1) is 27.3. The summed E-state index contributed by atoms with van der Waals surface area (Å²) in [6, 6.07) is 51.2. The zero-order chi connectivity index (χ0) is 32.1. The molecule has 9 aromatic rings.